The maximum absolute atomic E-state index is 12.1. The molecular weight excluding hydrogens is 526 g/mol. The minimum Gasteiger partial charge on any atom is -0.464 e. The van der Waals surface area contributed by atoms with E-state index >= 15 is 0 Å². The molecule has 3 fully saturated rings. The van der Waals surface area contributed by atoms with Crippen LogP contribution in [0.3, 0.4) is 0 Å². The van der Waals surface area contributed by atoms with Crippen molar-refractivity contribution < 1.29 is 24.5 Å². The minimum atomic E-state index is -0.429. The van der Waals surface area contributed by atoms with Crippen LogP contribution < -0.4 is 0 Å². The van der Waals surface area contributed by atoms with E-state index in [2.05, 4.69) is 17.0 Å². The van der Waals surface area contributed by atoms with Crippen LogP contribution >= 0.6 is 11.6 Å². The largest absolute Gasteiger partial charge is 0.464 e. The molecule has 0 aromatic heterocycles. The molecule has 6 nitrogen and oxygen atoms in total. The molecule has 7 heteroatoms. The highest BCUT2D eigenvalue weighted by Crippen LogP contribution is 2.45. The van der Waals surface area contributed by atoms with Gasteiger partial charge < -0.3 is 19.7 Å². The van der Waals surface area contributed by atoms with Crippen molar-refractivity contribution in [2.24, 2.45) is 11.8 Å². The smallest absolute Gasteiger partial charge is 0.305 e. The van der Waals surface area contributed by atoms with E-state index in [1.165, 1.54) is 32.1 Å². The number of alkyl halides is 1. The van der Waals surface area contributed by atoms with Gasteiger partial charge in [0.25, 0.3) is 0 Å². The van der Waals surface area contributed by atoms with Crippen LogP contribution in [0.5, 0.6) is 0 Å². The monoisotopic (exact) mass is 577 g/mol. The van der Waals surface area contributed by atoms with E-state index in [1.54, 1.807) is 0 Å². The zero-order valence-electron chi connectivity index (χ0n) is 24.4. The molecule has 5 atom stereocenters. The Labute approximate surface area is 246 Å². The maximum atomic E-state index is 12.1. The first-order valence-electron chi connectivity index (χ1n) is 16.1. The normalized spacial score (nSPS) is 27.1. The molecule has 2 saturated carbocycles. The van der Waals surface area contributed by atoms with Crippen LogP contribution in [0.1, 0.15) is 113 Å². The molecule has 2 aliphatic carbocycles. The Balaban J connectivity index is 1.13. The summed E-state index contributed by atoms with van der Waals surface area (Å²) < 4.78 is 10.7. The number of ether oxygens (including phenoxy) is 2. The second-order valence-corrected chi connectivity index (χ2v) is 13.0. The number of rotatable bonds is 15. The second-order valence-electron chi connectivity index (χ2n) is 12.4. The van der Waals surface area contributed by atoms with Gasteiger partial charge in [-0.2, -0.15) is 0 Å². The zero-order valence-corrected chi connectivity index (χ0v) is 25.1. The fourth-order valence-electron chi connectivity index (χ4n) is 7.06. The Morgan fingerprint density at radius 2 is 1.75 bits per heavy atom. The number of hydrogen-bond acceptors (Lipinski definition) is 6. The third kappa shape index (κ3) is 9.97. The van der Waals surface area contributed by atoms with Crippen molar-refractivity contribution in [3.8, 4) is 0 Å². The van der Waals surface area contributed by atoms with Crippen molar-refractivity contribution in [2.75, 3.05) is 39.5 Å². The van der Waals surface area contributed by atoms with E-state index in [1.807, 2.05) is 12.1 Å². The highest BCUT2D eigenvalue weighted by molar-refractivity contribution is 6.21. The topological polar surface area (TPSA) is 79.2 Å². The summed E-state index contributed by atoms with van der Waals surface area (Å²) in [4.78, 5) is 14.3. The van der Waals surface area contributed by atoms with Gasteiger partial charge in [0.1, 0.15) is 6.61 Å². The summed E-state index contributed by atoms with van der Waals surface area (Å²) in [5.74, 6) is 0.953. The van der Waals surface area contributed by atoms with Crippen LogP contribution in [0.2, 0.25) is 0 Å². The molecule has 1 aliphatic heterocycles. The summed E-state index contributed by atoms with van der Waals surface area (Å²) in [6.45, 7) is 4.59. The van der Waals surface area contributed by atoms with Crippen LogP contribution in [-0.4, -0.2) is 72.0 Å². The van der Waals surface area contributed by atoms with Crippen molar-refractivity contribution in [1.82, 2.24) is 4.90 Å². The number of benzene rings is 1. The van der Waals surface area contributed by atoms with Gasteiger partial charge in [0.2, 0.25) is 0 Å². The van der Waals surface area contributed by atoms with E-state index in [9.17, 15) is 15.0 Å². The van der Waals surface area contributed by atoms with E-state index in [0.717, 1.165) is 94.8 Å². The molecule has 0 radical (unpaired) electrons. The lowest BCUT2D eigenvalue weighted by Gasteiger charge is -2.26. The molecular formula is C33H52ClNO5. The van der Waals surface area contributed by atoms with Crippen molar-refractivity contribution >= 4 is 17.6 Å². The number of morpholine rings is 1. The molecule has 0 spiro atoms. The van der Waals surface area contributed by atoms with Gasteiger partial charge in [0, 0.05) is 37.4 Å². The standard InChI is InChI=1S/C33H52ClNO5/c34-29-24-31(37)33(27-15-13-26(14-16-27)30(36)17-12-25-8-4-3-5-9-25)28(29)10-6-1-2-7-11-32(38)40-23-20-35-18-21-39-22-19-35/h13-16,25,28-31,33,36-37H,1-12,17-24H2/t28-,29+,30?,31+,33+/m0/s1. The molecule has 1 aromatic carbocycles. The summed E-state index contributed by atoms with van der Waals surface area (Å²) in [6.07, 6.45) is 13.8. The maximum Gasteiger partial charge on any atom is 0.305 e. The molecule has 1 aromatic rings. The highest BCUT2D eigenvalue weighted by atomic mass is 35.5. The van der Waals surface area contributed by atoms with Gasteiger partial charge in [-0.25, -0.2) is 0 Å². The molecule has 0 bridgehead atoms. The van der Waals surface area contributed by atoms with E-state index < -0.39 is 12.2 Å². The summed E-state index contributed by atoms with van der Waals surface area (Å²) in [5.41, 5.74) is 2.11. The fourth-order valence-corrected chi connectivity index (χ4v) is 7.52. The Morgan fingerprint density at radius 3 is 2.50 bits per heavy atom. The van der Waals surface area contributed by atoms with Gasteiger partial charge in [-0.05, 0) is 55.1 Å². The van der Waals surface area contributed by atoms with E-state index in [0.29, 0.717) is 19.4 Å². The predicted molar refractivity (Wildman–Crippen MR) is 160 cm³/mol. The average molecular weight is 578 g/mol. The highest BCUT2D eigenvalue weighted by Gasteiger charge is 2.41. The van der Waals surface area contributed by atoms with Gasteiger partial charge in [-0.1, -0.05) is 75.6 Å². The van der Waals surface area contributed by atoms with Crippen LogP contribution in [0.4, 0.5) is 0 Å². The van der Waals surface area contributed by atoms with E-state index in [-0.39, 0.29) is 23.2 Å². The van der Waals surface area contributed by atoms with Crippen molar-refractivity contribution in [3.63, 3.8) is 0 Å². The fraction of sp³-hybridized carbons (Fsp3) is 0.788. The summed E-state index contributed by atoms with van der Waals surface area (Å²) in [6, 6.07) is 8.29. The summed E-state index contributed by atoms with van der Waals surface area (Å²) in [7, 11) is 0. The number of halogens is 1. The predicted octanol–water partition coefficient (Wildman–Crippen LogP) is 6.37. The summed E-state index contributed by atoms with van der Waals surface area (Å²) in [5, 5.41) is 21.6. The van der Waals surface area contributed by atoms with Crippen LogP contribution in [0.25, 0.3) is 0 Å². The quantitative estimate of drug-likeness (QED) is 0.143. The molecule has 1 saturated heterocycles. The first-order chi connectivity index (χ1) is 19.5. The average Bonchev–Trinajstić information content (AvgIpc) is 3.26. The SMILES string of the molecule is O=C(CCCCCC[C@@H]1[C@@H](c2ccc(C(O)CCC3CCCCC3)cc2)[C@H](O)C[C@H]1Cl)OCCN1CCOCC1. The minimum absolute atomic E-state index is 0.0257. The zero-order chi connectivity index (χ0) is 28.2. The number of nitrogens with zero attached hydrogens (tertiary/aromatic N) is 1. The lowest BCUT2D eigenvalue weighted by molar-refractivity contribution is -0.144. The second kappa shape index (κ2) is 17.1. The number of carbonyl (C=O) groups excluding carboxylic acids is 1. The van der Waals surface area contributed by atoms with Gasteiger partial charge in [0.15, 0.2) is 0 Å². The molecule has 40 heavy (non-hydrogen) atoms. The molecule has 3 aliphatic rings. The van der Waals surface area contributed by atoms with Crippen molar-refractivity contribution in [1.29, 1.82) is 0 Å². The van der Waals surface area contributed by atoms with Crippen LogP contribution in [0.15, 0.2) is 24.3 Å². The third-order valence-electron chi connectivity index (χ3n) is 9.53. The van der Waals surface area contributed by atoms with Gasteiger partial charge in [-0.15, -0.1) is 11.6 Å². The Morgan fingerprint density at radius 1 is 1.02 bits per heavy atom. The number of esters is 1. The first-order valence-corrected chi connectivity index (χ1v) is 16.5. The number of hydrogen-bond donors (Lipinski definition) is 2. The molecule has 226 valence electrons. The van der Waals surface area contributed by atoms with Gasteiger partial charge >= 0.3 is 5.97 Å². The Bertz CT molecular complexity index is 855. The Hall–Kier alpha value is -1.18. The van der Waals surface area contributed by atoms with Crippen LogP contribution in [-0.2, 0) is 14.3 Å². The number of unbranched alkanes of at least 4 members (excludes halogenated alkanes) is 3. The lowest BCUT2D eigenvalue weighted by Crippen LogP contribution is -2.38. The molecule has 1 heterocycles. The first kappa shape index (κ1) is 31.7. The summed E-state index contributed by atoms with van der Waals surface area (Å²) >= 11 is 6.73. The van der Waals surface area contributed by atoms with Crippen molar-refractivity contribution in [3.05, 3.63) is 35.4 Å². The molecule has 4 rings (SSSR count). The van der Waals surface area contributed by atoms with E-state index in [4.69, 9.17) is 21.1 Å². The van der Waals surface area contributed by atoms with Gasteiger partial charge in [-0.3, -0.25) is 9.69 Å². The van der Waals surface area contributed by atoms with Crippen LogP contribution in [0, 0.1) is 11.8 Å². The third-order valence-corrected chi connectivity index (χ3v) is 10.0. The lowest BCUT2D eigenvalue weighted by atomic mass is 9.83. The number of carbonyl (C=O) groups is 1. The van der Waals surface area contributed by atoms with Gasteiger partial charge in [0.05, 0.1) is 25.4 Å². The Kier molecular flexibility index (Phi) is 13.5. The molecule has 0 amide bonds. The number of aliphatic hydroxyl groups is 2. The molecule has 2 N–H and O–H groups in total. The number of aliphatic hydroxyl groups excluding tert-OH is 2. The molecule has 1 unspecified atom stereocenters. The van der Waals surface area contributed by atoms with Crippen molar-refractivity contribution in [2.45, 2.75) is 113 Å².